The molecule has 0 saturated carbocycles. The van der Waals surface area contributed by atoms with Crippen molar-refractivity contribution in [3.63, 3.8) is 0 Å². The van der Waals surface area contributed by atoms with E-state index in [9.17, 15) is 4.57 Å². The predicted molar refractivity (Wildman–Crippen MR) is 51.6 cm³/mol. The molecule has 0 aliphatic rings. The second-order valence-corrected chi connectivity index (χ2v) is 5.66. The fourth-order valence-electron chi connectivity index (χ4n) is 0.573. The van der Waals surface area contributed by atoms with E-state index in [2.05, 4.69) is 4.52 Å². The first-order valence-electron chi connectivity index (χ1n) is 4.28. The molecule has 0 bridgehead atoms. The molecule has 0 radical (unpaired) electrons. The van der Waals surface area contributed by atoms with Crippen molar-refractivity contribution in [2.75, 3.05) is 20.3 Å². The van der Waals surface area contributed by atoms with Gasteiger partial charge in [-0.2, -0.15) is 0 Å². The van der Waals surface area contributed by atoms with Crippen LogP contribution in [0.2, 0.25) is 0 Å². The largest absolute Gasteiger partial charge is 0.474 e. The Labute approximate surface area is 80.2 Å². The highest BCUT2D eigenvalue weighted by Crippen LogP contribution is 2.49. The first kappa shape index (κ1) is 13.1. The molecule has 0 N–H and O–H groups in total. The van der Waals surface area contributed by atoms with Gasteiger partial charge in [-0.25, -0.2) is 4.57 Å². The summed E-state index contributed by atoms with van der Waals surface area (Å²) >= 11 is 0. The van der Waals surface area contributed by atoms with Gasteiger partial charge in [0.25, 0.3) is 0 Å². The molecule has 0 spiro atoms. The van der Waals surface area contributed by atoms with E-state index in [1.165, 1.54) is 7.11 Å². The molecule has 0 aliphatic carbocycles. The van der Waals surface area contributed by atoms with E-state index in [-0.39, 0.29) is 5.41 Å². The molecule has 0 heterocycles. The molecule has 1 atom stereocenters. The van der Waals surface area contributed by atoms with Gasteiger partial charge >= 0.3 is 7.82 Å². The minimum atomic E-state index is -3.30. The number of phosphoric ester groups is 1. The van der Waals surface area contributed by atoms with Crippen molar-refractivity contribution in [3.05, 3.63) is 0 Å². The molecular weight excluding hydrogens is 191 g/mol. The molecule has 0 aromatic rings. The summed E-state index contributed by atoms with van der Waals surface area (Å²) in [5.74, 6) is 0. The topological polar surface area (TPSA) is 44.8 Å². The molecule has 0 fully saturated rings. The van der Waals surface area contributed by atoms with Crippen molar-refractivity contribution < 1.29 is 18.1 Å². The Morgan fingerprint density at radius 1 is 1.23 bits per heavy atom. The first-order chi connectivity index (χ1) is 5.83. The maximum absolute atomic E-state index is 11.6. The van der Waals surface area contributed by atoms with Crippen molar-refractivity contribution in [2.45, 2.75) is 27.7 Å². The highest BCUT2D eigenvalue weighted by Gasteiger charge is 2.26. The van der Waals surface area contributed by atoms with Gasteiger partial charge < -0.3 is 0 Å². The van der Waals surface area contributed by atoms with Crippen LogP contribution < -0.4 is 0 Å². The normalized spacial score (nSPS) is 17.0. The van der Waals surface area contributed by atoms with Crippen LogP contribution in [0.1, 0.15) is 27.7 Å². The highest BCUT2D eigenvalue weighted by atomic mass is 31.2. The van der Waals surface area contributed by atoms with Gasteiger partial charge in [-0.05, 0) is 12.3 Å². The number of hydrogen-bond donors (Lipinski definition) is 0. The number of rotatable bonds is 5. The summed E-state index contributed by atoms with van der Waals surface area (Å²) in [6.45, 7) is 8.36. The van der Waals surface area contributed by atoms with Crippen molar-refractivity contribution in [3.8, 4) is 0 Å². The van der Waals surface area contributed by atoms with Crippen LogP contribution >= 0.6 is 7.82 Å². The average Bonchev–Trinajstić information content (AvgIpc) is 2.01. The summed E-state index contributed by atoms with van der Waals surface area (Å²) in [6, 6.07) is 0. The van der Waals surface area contributed by atoms with Crippen LogP contribution in [-0.4, -0.2) is 20.3 Å². The third-order valence-electron chi connectivity index (χ3n) is 1.17. The average molecular weight is 210 g/mol. The van der Waals surface area contributed by atoms with E-state index in [1.54, 1.807) is 6.92 Å². The Balaban J connectivity index is 4.06. The van der Waals surface area contributed by atoms with E-state index < -0.39 is 7.82 Å². The Kier molecular flexibility index (Phi) is 5.15. The Morgan fingerprint density at radius 3 is 2.08 bits per heavy atom. The van der Waals surface area contributed by atoms with Crippen molar-refractivity contribution in [1.82, 2.24) is 0 Å². The zero-order chi connectivity index (χ0) is 10.5. The van der Waals surface area contributed by atoms with E-state index in [0.717, 1.165) is 0 Å². The molecule has 0 aliphatic heterocycles. The Hall–Kier alpha value is 0.110. The Morgan fingerprint density at radius 2 is 1.77 bits per heavy atom. The first-order valence-corrected chi connectivity index (χ1v) is 5.74. The SMILES string of the molecule is CCOP(=O)(OC)OCC(C)(C)C. The molecule has 0 saturated heterocycles. The van der Waals surface area contributed by atoms with Crippen molar-refractivity contribution in [1.29, 1.82) is 0 Å². The monoisotopic (exact) mass is 210 g/mol. The van der Waals surface area contributed by atoms with E-state index in [0.29, 0.717) is 13.2 Å². The van der Waals surface area contributed by atoms with Crippen LogP contribution in [0, 0.1) is 5.41 Å². The Bertz CT molecular complexity index is 185. The third-order valence-corrected chi connectivity index (χ3v) is 2.63. The van der Waals surface area contributed by atoms with Crippen LogP contribution in [0.15, 0.2) is 0 Å². The maximum atomic E-state index is 11.6. The molecule has 5 heteroatoms. The fourth-order valence-corrected chi connectivity index (χ4v) is 1.72. The molecule has 1 unspecified atom stereocenters. The summed E-state index contributed by atoms with van der Waals surface area (Å²) in [5, 5.41) is 0. The zero-order valence-corrected chi connectivity index (χ0v) is 9.89. The van der Waals surface area contributed by atoms with Gasteiger partial charge in [-0.3, -0.25) is 13.6 Å². The molecular formula is C8H19O4P. The molecule has 80 valence electrons. The second kappa shape index (κ2) is 5.11. The standard InChI is InChI=1S/C8H19O4P/c1-6-11-13(9,10-5)12-7-8(2,3)4/h6-7H2,1-5H3. The van der Waals surface area contributed by atoms with Gasteiger partial charge in [0.15, 0.2) is 0 Å². The van der Waals surface area contributed by atoms with Crippen LogP contribution in [0.4, 0.5) is 0 Å². The van der Waals surface area contributed by atoms with Crippen molar-refractivity contribution >= 4 is 7.82 Å². The highest BCUT2D eigenvalue weighted by molar-refractivity contribution is 7.48. The summed E-state index contributed by atoms with van der Waals surface area (Å²) in [6.07, 6.45) is 0. The van der Waals surface area contributed by atoms with E-state index in [4.69, 9.17) is 9.05 Å². The predicted octanol–water partition coefficient (Wildman–Crippen LogP) is 2.84. The van der Waals surface area contributed by atoms with Crippen LogP contribution in [0.5, 0.6) is 0 Å². The second-order valence-electron chi connectivity index (χ2n) is 3.88. The summed E-state index contributed by atoms with van der Waals surface area (Å²) < 4.78 is 26.2. The smallest absolute Gasteiger partial charge is 0.290 e. The van der Waals surface area contributed by atoms with Crippen LogP contribution in [0.25, 0.3) is 0 Å². The lowest BCUT2D eigenvalue weighted by Crippen LogP contribution is -2.14. The minimum absolute atomic E-state index is 0.0503. The fraction of sp³-hybridized carbons (Fsp3) is 1.00. The minimum Gasteiger partial charge on any atom is -0.290 e. The molecule has 0 aromatic heterocycles. The lowest BCUT2D eigenvalue weighted by atomic mass is 9.99. The van der Waals surface area contributed by atoms with Gasteiger partial charge in [-0.15, -0.1) is 0 Å². The van der Waals surface area contributed by atoms with Gasteiger partial charge in [0.05, 0.1) is 13.2 Å². The number of phosphoric acid groups is 1. The summed E-state index contributed by atoms with van der Waals surface area (Å²) in [4.78, 5) is 0. The van der Waals surface area contributed by atoms with E-state index in [1.807, 2.05) is 20.8 Å². The lowest BCUT2D eigenvalue weighted by Gasteiger charge is -2.21. The molecule has 0 amide bonds. The van der Waals surface area contributed by atoms with Crippen LogP contribution in [-0.2, 0) is 18.1 Å². The zero-order valence-electron chi connectivity index (χ0n) is 8.99. The molecule has 0 rings (SSSR count). The quantitative estimate of drug-likeness (QED) is 0.654. The van der Waals surface area contributed by atoms with Gasteiger partial charge in [-0.1, -0.05) is 20.8 Å². The molecule has 0 aromatic carbocycles. The summed E-state index contributed by atoms with van der Waals surface area (Å²) in [5.41, 5.74) is -0.0503. The van der Waals surface area contributed by atoms with E-state index >= 15 is 0 Å². The molecule has 4 nitrogen and oxygen atoms in total. The van der Waals surface area contributed by atoms with Crippen LogP contribution in [0.3, 0.4) is 0 Å². The number of hydrogen-bond acceptors (Lipinski definition) is 4. The van der Waals surface area contributed by atoms with Gasteiger partial charge in [0, 0.05) is 7.11 Å². The van der Waals surface area contributed by atoms with Gasteiger partial charge in [0.1, 0.15) is 0 Å². The van der Waals surface area contributed by atoms with Gasteiger partial charge in [0.2, 0.25) is 0 Å². The molecule has 13 heavy (non-hydrogen) atoms. The van der Waals surface area contributed by atoms with Crippen molar-refractivity contribution in [2.24, 2.45) is 5.41 Å². The third kappa shape index (κ3) is 6.22. The lowest BCUT2D eigenvalue weighted by molar-refractivity contribution is 0.102. The maximum Gasteiger partial charge on any atom is 0.474 e. The summed E-state index contributed by atoms with van der Waals surface area (Å²) in [7, 11) is -1.98.